The summed E-state index contributed by atoms with van der Waals surface area (Å²) in [7, 11) is -1.16. The largest absolute Gasteiger partial charge is 0.303 e. The highest BCUT2D eigenvalue weighted by Crippen LogP contribution is 2.24. The smallest absolute Gasteiger partial charge is 0.120 e. The van der Waals surface area contributed by atoms with E-state index in [0.717, 1.165) is 6.29 Å². The molecule has 0 aromatic rings. The highest BCUT2D eigenvalue weighted by molar-refractivity contribution is 6.78. The van der Waals surface area contributed by atoms with E-state index in [1.807, 2.05) is 6.08 Å². The van der Waals surface area contributed by atoms with Crippen molar-refractivity contribution < 1.29 is 4.79 Å². The molecule has 0 spiro atoms. The maximum Gasteiger partial charge on any atom is 0.120 e. The Balaban J connectivity index is 4.05. The van der Waals surface area contributed by atoms with E-state index < -0.39 is 8.07 Å². The Kier molecular flexibility index (Phi) is 3.57. The van der Waals surface area contributed by atoms with Crippen molar-refractivity contribution in [1.29, 1.82) is 0 Å². The quantitative estimate of drug-likeness (QED) is 0.347. The lowest BCUT2D eigenvalue weighted by molar-refractivity contribution is -0.107. The van der Waals surface area contributed by atoms with E-state index in [4.69, 9.17) is 0 Å². The van der Waals surface area contributed by atoms with Crippen LogP contribution in [-0.2, 0) is 4.79 Å². The zero-order chi connectivity index (χ0) is 8.20. The van der Waals surface area contributed by atoms with Gasteiger partial charge in [0.25, 0.3) is 0 Å². The van der Waals surface area contributed by atoms with Crippen LogP contribution in [0.5, 0.6) is 0 Å². The fourth-order valence-corrected chi connectivity index (χ4v) is 2.42. The Hall–Kier alpha value is -0.373. The summed E-state index contributed by atoms with van der Waals surface area (Å²) in [5, 5.41) is 0. The minimum atomic E-state index is -1.16. The van der Waals surface area contributed by atoms with Gasteiger partial charge in [-0.2, -0.15) is 0 Å². The van der Waals surface area contributed by atoms with E-state index >= 15 is 0 Å². The fraction of sp³-hybridized carbons (Fsp3) is 0.625. The lowest BCUT2D eigenvalue weighted by Gasteiger charge is -2.23. The number of hydrogen-bond donors (Lipinski definition) is 0. The van der Waals surface area contributed by atoms with Crippen molar-refractivity contribution >= 4 is 14.4 Å². The molecule has 10 heavy (non-hydrogen) atoms. The van der Waals surface area contributed by atoms with Crippen LogP contribution >= 0.6 is 0 Å². The molecule has 0 heterocycles. The first-order valence-electron chi connectivity index (χ1n) is 3.58. The van der Waals surface area contributed by atoms with E-state index in [1.165, 1.54) is 0 Å². The fourth-order valence-electron chi connectivity index (χ4n) is 0.907. The molecule has 1 nitrogen and oxygen atoms in total. The van der Waals surface area contributed by atoms with Gasteiger partial charge in [-0.15, -0.1) is 6.58 Å². The molecule has 0 amide bonds. The van der Waals surface area contributed by atoms with Gasteiger partial charge < -0.3 is 4.79 Å². The van der Waals surface area contributed by atoms with Crippen LogP contribution in [-0.4, -0.2) is 14.4 Å². The van der Waals surface area contributed by atoms with Gasteiger partial charge in [0.05, 0.1) is 8.07 Å². The number of carbonyl (C=O) groups excluding carboxylic acids is 1. The van der Waals surface area contributed by atoms with Crippen molar-refractivity contribution in [2.24, 2.45) is 0 Å². The van der Waals surface area contributed by atoms with Gasteiger partial charge in [-0.3, -0.25) is 0 Å². The third-order valence-corrected chi connectivity index (χ3v) is 4.44. The van der Waals surface area contributed by atoms with Gasteiger partial charge in [0.1, 0.15) is 6.29 Å². The molecule has 0 bridgehead atoms. The number of aldehydes is 1. The van der Waals surface area contributed by atoms with Crippen molar-refractivity contribution in [3.8, 4) is 0 Å². The highest BCUT2D eigenvalue weighted by atomic mass is 28.3. The number of allylic oxidation sites excluding steroid dienone is 1. The maximum absolute atomic E-state index is 10.2. The topological polar surface area (TPSA) is 17.1 Å². The molecule has 0 rings (SSSR count). The van der Waals surface area contributed by atoms with Crippen molar-refractivity contribution in [2.75, 3.05) is 0 Å². The average molecular weight is 156 g/mol. The Morgan fingerprint density at radius 2 is 2.00 bits per heavy atom. The van der Waals surface area contributed by atoms with Gasteiger partial charge in [-0.25, -0.2) is 0 Å². The van der Waals surface area contributed by atoms with Crippen LogP contribution in [0.3, 0.4) is 0 Å². The van der Waals surface area contributed by atoms with Crippen LogP contribution in [0.25, 0.3) is 0 Å². The molecule has 0 aromatic carbocycles. The van der Waals surface area contributed by atoms with Gasteiger partial charge in [0, 0.05) is 6.42 Å². The van der Waals surface area contributed by atoms with Crippen LogP contribution in [0.2, 0.25) is 25.2 Å². The Labute approximate surface area is 64.1 Å². The summed E-state index contributed by atoms with van der Waals surface area (Å²) in [6.45, 7) is 10.5. The summed E-state index contributed by atoms with van der Waals surface area (Å²) >= 11 is 0. The van der Waals surface area contributed by atoms with Crippen molar-refractivity contribution in [1.82, 2.24) is 0 Å². The molecule has 58 valence electrons. The monoisotopic (exact) mass is 156 g/mol. The van der Waals surface area contributed by atoms with Crippen LogP contribution in [0.15, 0.2) is 12.7 Å². The Morgan fingerprint density at radius 1 is 1.50 bits per heavy atom. The average Bonchev–Trinajstić information content (AvgIpc) is 1.80. The van der Waals surface area contributed by atoms with E-state index in [-0.39, 0.29) is 0 Å². The summed E-state index contributed by atoms with van der Waals surface area (Å²) in [5.41, 5.74) is 0.449. The molecule has 0 saturated heterocycles. The van der Waals surface area contributed by atoms with E-state index in [2.05, 4.69) is 26.2 Å². The molecule has 0 aliphatic heterocycles. The molecule has 0 aliphatic carbocycles. The third-order valence-electron chi connectivity index (χ3n) is 1.75. The molecule has 0 saturated carbocycles. The summed E-state index contributed by atoms with van der Waals surface area (Å²) in [6, 6.07) is 0. The molecule has 0 radical (unpaired) electrons. The van der Waals surface area contributed by atoms with Crippen LogP contribution in [0, 0.1) is 0 Å². The second kappa shape index (κ2) is 3.71. The summed E-state index contributed by atoms with van der Waals surface area (Å²) in [4.78, 5) is 10.2. The lowest BCUT2D eigenvalue weighted by atomic mass is 10.3. The molecule has 0 fully saturated rings. The Morgan fingerprint density at radius 3 is 2.10 bits per heavy atom. The van der Waals surface area contributed by atoms with E-state index in [9.17, 15) is 4.79 Å². The number of carbonyl (C=O) groups is 1. The molecule has 2 heteroatoms. The van der Waals surface area contributed by atoms with E-state index in [1.54, 1.807) is 0 Å². The van der Waals surface area contributed by atoms with Gasteiger partial charge in [0.2, 0.25) is 0 Å². The normalized spacial score (nSPS) is 14.3. The molecule has 0 N–H and O–H groups in total. The summed E-state index contributed by atoms with van der Waals surface area (Å²) in [6.07, 6.45) is 3.56. The van der Waals surface area contributed by atoms with Crippen LogP contribution in [0.1, 0.15) is 6.42 Å². The minimum Gasteiger partial charge on any atom is -0.303 e. The van der Waals surface area contributed by atoms with Crippen LogP contribution in [0.4, 0.5) is 0 Å². The van der Waals surface area contributed by atoms with E-state index in [0.29, 0.717) is 12.0 Å². The molecule has 1 atom stereocenters. The number of hydrogen-bond acceptors (Lipinski definition) is 1. The first-order valence-corrected chi connectivity index (χ1v) is 7.16. The second-order valence-electron chi connectivity index (χ2n) is 3.61. The van der Waals surface area contributed by atoms with Gasteiger partial charge in [0.15, 0.2) is 0 Å². The van der Waals surface area contributed by atoms with Gasteiger partial charge in [-0.1, -0.05) is 25.7 Å². The van der Waals surface area contributed by atoms with Crippen LogP contribution < -0.4 is 0 Å². The predicted molar refractivity (Wildman–Crippen MR) is 48.0 cm³/mol. The molecule has 0 aromatic heterocycles. The molecule has 0 unspecified atom stereocenters. The molecule has 0 aliphatic rings. The SMILES string of the molecule is C=C[C@H](CC=O)[Si](C)(C)C. The van der Waals surface area contributed by atoms with Crippen molar-refractivity contribution in [3.63, 3.8) is 0 Å². The highest BCUT2D eigenvalue weighted by Gasteiger charge is 2.22. The summed E-state index contributed by atoms with van der Waals surface area (Å²) < 4.78 is 0. The summed E-state index contributed by atoms with van der Waals surface area (Å²) in [5.74, 6) is 0. The zero-order valence-electron chi connectivity index (χ0n) is 7.05. The molecular formula is C8H16OSi. The lowest BCUT2D eigenvalue weighted by Crippen LogP contribution is -2.26. The minimum absolute atomic E-state index is 0.449. The van der Waals surface area contributed by atoms with Crippen molar-refractivity contribution in [2.45, 2.75) is 31.6 Å². The zero-order valence-corrected chi connectivity index (χ0v) is 8.05. The first-order chi connectivity index (χ1) is 4.52. The number of rotatable bonds is 4. The third kappa shape index (κ3) is 2.97. The molecular weight excluding hydrogens is 140 g/mol. The second-order valence-corrected chi connectivity index (χ2v) is 9.08. The Bertz CT molecular complexity index is 124. The standard InChI is InChI=1S/C8H16OSi/c1-5-8(6-7-9)10(2,3)4/h5,7-8H,1,6H2,2-4H3/t8-/m1/s1. The van der Waals surface area contributed by atoms with Gasteiger partial charge >= 0.3 is 0 Å². The van der Waals surface area contributed by atoms with Crippen molar-refractivity contribution in [3.05, 3.63) is 12.7 Å². The first kappa shape index (κ1) is 9.63. The predicted octanol–water partition coefficient (Wildman–Crippen LogP) is 2.47. The maximum atomic E-state index is 10.2. The van der Waals surface area contributed by atoms with Gasteiger partial charge in [-0.05, 0) is 5.54 Å².